The monoisotopic (exact) mass is 312 g/mol. The SMILES string of the molecule is Nc1nc(-c2nc(COCC(F)(F)C(F)F)no2)cs1. The minimum absolute atomic E-state index is 0.0390. The summed E-state index contributed by atoms with van der Waals surface area (Å²) in [5.74, 6) is -4.23. The number of rotatable bonds is 6. The van der Waals surface area contributed by atoms with Crippen LogP contribution in [0.2, 0.25) is 0 Å². The summed E-state index contributed by atoms with van der Waals surface area (Å²) >= 11 is 1.16. The molecule has 0 aliphatic carbocycles. The van der Waals surface area contributed by atoms with Gasteiger partial charge in [-0.15, -0.1) is 11.3 Å². The Labute approximate surface area is 113 Å². The summed E-state index contributed by atoms with van der Waals surface area (Å²) < 4.78 is 58.1. The predicted octanol–water partition coefficient (Wildman–Crippen LogP) is 2.19. The number of hydrogen-bond donors (Lipinski definition) is 1. The van der Waals surface area contributed by atoms with E-state index >= 15 is 0 Å². The van der Waals surface area contributed by atoms with Gasteiger partial charge >= 0.3 is 12.3 Å². The van der Waals surface area contributed by atoms with E-state index in [1.165, 1.54) is 0 Å². The fraction of sp³-hybridized carbons (Fsp3) is 0.444. The van der Waals surface area contributed by atoms with Crippen LogP contribution in [0, 0.1) is 0 Å². The molecular weight excluding hydrogens is 304 g/mol. The van der Waals surface area contributed by atoms with E-state index in [1.807, 2.05) is 0 Å². The summed E-state index contributed by atoms with van der Waals surface area (Å²) in [6.07, 6.45) is -3.79. The molecular formula is C9H8F4N4O2S. The first kappa shape index (κ1) is 14.7. The van der Waals surface area contributed by atoms with E-state index in [2.05, 4.69) is 19.9 Å². The molecule has 2 heterocycles. The number of ether oxygens (including phenoxy) is 1. The van der Waals surface area contributed by atoms with Gasteiger partial charge in [0.2, 0.25) is 0 Å². The van der Waals surface area contributed by atoms with Crippen LogP contribution in [0.4, 0.5) is 22.7 Å². The van der Waals surface area contributed by atoms with E-state index in [0.29, 0.717) is 10.8 Å². The standard InChI is InChI=1S/C9H8F4N4O2S/c10-7(11)9(12,13)3-18-1-5-16-6(19-17-5)4-2-20-8(14)15-4/h2,7H,1,3H2,(H2,14,15). The Kier molecular flexibility index (Phi) is 4.18. The van der Waals surface area contributed by atoms with Crippen LogP contribution >= 0.6 is 11.3 Å². The van der Waals surface area contributed by atoms with Crippen LogP contribution < -0.4 is 5.73 Å². The minimum Gasteiger partial charge on any atom is -0.375 e. The molecule has 2 aromatic rings. The van der Waals surface area contributed by atoms with E-state index in [9.17, 15) is 17.6 Å². The summed E-state index contributed by atoms with van der Waals surface area (Å²) in [5.41, 5.74) is 5.75. The second-order valence-electron chi connectivity index (χ2n) is 3.64. The second-order valence-corrected chi connectivity index (χ2v) is 4.53. The third kappa shape index (κ3) is 3.42. The Bertz CT molecular complexity index is 574. The molecule has 0 aromatic carbocycles. The Morgan fingerprint density at radius 2 is 2.15 bits per heavy atom. The lowest BCUT2D eigenvalue weighted by Gasteiger charge is -2.14. The van der Waals surface area contributed by atoms with Crippen LogP contribution in [0.3, 0.4) is 0 Å². The maximum Gasteiger partial charge on any atom is 0.330 e. The molecule has 2 rings (SSSR count). The van der Waals surface area contributed by atoms with Crippen molar-refractivity contribution in [3.05, 3.63) is 11.2 Å². The van der Waals surface area contributed by atoms with Crippen molar-refractivity contribution >= 4 is 16.5 Å². The zero-order chi connectivity index (χ0) is 14.8. The highest BCUT2D eigenvalue weighted by molar-refractivity contribution is 7.13. The highest BCUT2D eigenvalue weighted by Gasteiger charge is 2.41. The van der Waals surface area contributed by atoms with Crippen molar-refractivity contribution in [2.75, 3.05) is 12.3 Å². The molecule has 2 N–H and O–H groups in total. The molecule has 20 heavy (non-hydrogen) atoms. The molecule has 110 valence electrons. The number of aromatic nitrogens is 3. The minimum atomic E-state index is -4.21. The van der Waals surface area contributed by atoms with E-state index in [-0.39, 0.29) is 11.7 Å². The Morgan fingerprint density at radius 1 is 1.40 bits per heavy atom. The molecule has 2 aromatic heterocycles. The van der Waals surface area contributed by atoms with Crippen molar-refractivity contribution in [1.29, 1.82) is 0 Å². The first-order chi connectivity index (χ1) is 9.38. The van der Waals surface area contributed by atoms with Crippen LogP contribution in [0.1, 0.15) is 5.82 Å². The number of nitrogen functional groups attached to an aromatic ring is 1. The van der Waals surface area contributed by atoms with Gasteiger partial charge in [0.05, 0.1) is 0 Å². The van der Waals surface area contributed by atoms with E-state index < -0.39 is 25.6 Å². The maximum absolute atomic E-state index is 12.6. The van der Waals surface area contributed by atoms with E-state index in [1.54, 1.807) is 5.38 Å². The number of nitrogens with two attached hydrogens (primary N) is 1. The number of hydrogen-bond acceptors (Lipinski definition) is 7. The van der Waals surface area contributed by atoms with Crippen molar-refractivity contribution in [2.24, 2.45) is 0 Å². The van der Waals surface area contributed by atoms with Gasteiger partial charge in [0, 0.05) is 5.38 Å². The fourth-order valence-electron chi connectivity index (χ4n) is 1.14. The van der Waals surface area contributed by atoms with Crippen molar-refractivity contribution in [3.8, 4) is 11.6 Å². The van der Waals surface area contributed by atoms with Crippen LogP contribution in [0.15, 0.2) is 9.90 Å². The zero-order valence-corrected chi connectivity index (χ0v) is 10.5. The molecule has 0 spiro atoms. The summed E-state index contributed by atoms with van der Waals surface area (Å²) in [7, 11) is 0. The highest BCUT2D eigenvalue weighted by atomic mass is 32.1. The molecule has 0 aliphatic heterocycles. The Morgan fingerprint density at radius 3 is 2.75 bits per heavy atom. The molecule has 11 heteroatoms. The Balaban J connectivity index is 1.91. The summed E-state index contributed by atoms with van der Waals surface area (Å²) in [6.45, 7) is -1.91. The van der Waals surface area contributed by atoms with Gasteiger partial charge in [0.1, 0.15) is 18.9 Å². The van der Waals surface area contributed by atoms with Crippen molar-refractivity contribution in [2.45, 2.75) is 19.0 Å². The summed E-state index contributed by atoms with van der Waals surface area (Å²) in [4.78, 5) is 7.69. The van der Waals surface area contributed by atoms with Gasteiger partial charge < -0.3 is 15.0 Å². The van der Waals surface area contributed by atoms with Crippen LogP contribution in [-0.2, 0) is 11.3 Å². The quantitative estimate of drug-likeness (QED) is 0.823. The molecule has 0 radical (unpaired) electrons. The fourth-order valence-corrected chi connectivity index (χ4v) is 1.68. The van der Waals surface area contributed by atoms with Gasteiger partial charge in [-0.25, -0.2) is 13.8 Å². The summed E-state index contributed by atoms with van der Waals surface area (Å²) in [5, 5.41) is 5.31. The van der Waals surface area contributed by atoms with Crippen molar-refractivity contribution < 1.29 is 26.8 Å². The molecule has 0 bridgehead atoms. The van der Waals surface area contributed by atoms with Crippen LogP contribution in [0.25, 0.3) is 11.6 Å². The van der Waals surface area contributed by atoms with Crippen LogP contribution in [0.5, 0.6) is 0 Å². The molecule has 0 fully saturated rings. The molecule has 0 amide bonds. The topological polar surface area (TPSA) is 87.1 Å². The first-order valence-electron chi connectivity index (χ1n) is 5.16. The number of anilines is 1. The van der Waals surface area contributed by atoms with Crippen molar-refractivity contribution in [3.63, 3.8) is 0 Å². The zero-order valence-electron chi connectivity index (χ0n) is 9.72. The van der Waals surface area contributed by atoms with E-state index in [0.717, 1.165) is 11.3 Å². The molecule has 0 saturated heterocycles. The van der Waals surface area contributed by atoms with Gasteiger partial charge in [-0.3, -0.25) is 0 Å². The smallest absolute Gasteiger partial charge is 0.330 e. The largest absolute Gasteiger partial charge is 0.375 e. The second kappa shape index (κ2) is 5.71. The number of alkyl halides is 4. The van der Waals surface area contributed by atoms with Crippen LogP contribution in [-0.4, -0.2) is 34.1 Å². The number of thiazole rings is 1. The highest BCUT2D eigenvalue weighted by Crippen LogP contribution is 2.24. The molecule has 0 aliphatic rings. The molecule has 0 unspecified atom stereocenters. The molecule has 0 saturated carbocycles. The number of nitrogens with zero attached hydrogens (tertiary/aromatic N) is 3. The summed E-state index contributed by atoms with van der Waals surface area (Å²) in [6, 6.07) is 0. The number of halogens is 4. The average molecular weight is 312 g/mol. The first-order valence-corrected chi connectivity index (χ1v) is 6.04. The van der Waals surface area contributed by atoms with Gasteiger partial charge in [-0.05, 0) is 0 Å². The van der Waals surface area contributed by atoms with Crippen molar-refractivity contribution in [1.82, 2.24) is 15.1 Å². The normalized spacial score (nSPS) is 12.2. The van der Waals surface area contributed by atoms with E-state index in [4.69, 9.17) is 10.3 Å². The lowest BCUT2D eigenvalue weighted by Crippen LogP contribution is -2.32. The predicted molar refractivity (Wildman–Crippen MR) is 60.4 cm³/mol. The maximum atomic E-state index is 12.6. The Hall–Kier alpha value is -1.75. The third-order valence-electron chi connectivity index (χ3n) is 2.05. The van der Waals surface area contributed by atoms with Gasteiger partial charge in [-0.1, -0.05) is 5.16 Å². The molecule has 0 atom stereocenters. The average Bonchev–Trinajstić information content (AvgIpc) is 2.97. The third-order valence-corrected chi connectivity index (χ3v) is 2.73. The van der Waals surface area contributed by atoms with Gasteiger partial charge in [-0.2, -0.15) is 13.8 Å². The van der Waals surface area contributed by atoms with Gasteiger partial charge in [0.15, 0.2) is 11.0 Å². The van der Waals surface area contributed by atoms with Gasteiger partial charge in [0.25, 0.3) is 5.89 Å². The molecule has 6 nitrogen and oxygen atoms in total. The lowest BCUT2D eigenvalue weighted by atomic mass is 10.4. The lowest BCUT2D eigenvalue weighted by molar-refractivity contribution is -0.168.